The van der Waals surface area contributed by atoms with Gasteiger partial charge in [0.15, 0.2) is 5.78 Å². The van der Waals surface area contributed by atoms with Crippen molar-refractivity contribution >= 4 is 11.8 Å². The summed E-state index contributed by atoms with van der Waals surface area (Å²) in [6, 6.07) is 4.83. The molecule has 0 aromatic heterocycles. The van der Waals surface area contributed by atoms with Gasteiger partial charge in [-0.2, -0.15) is 0 Å². The number of rotatable bonds is 1. The SMILES string of the molecule is CC(=O)Oc1ccc2c(c1)C(=O)CC(C)(C)O2. The lowest BCUT2D eigenvalue weighted by Crippen LogP contribution is -2.35. The number of fused-ring (bicyclic) bond motifs is 1. The molecule has 1 heterocycles. The molecule has 0 radical (unpaired) electrons. The molecule has 0 fully saturated rings. The van der Waals surface area contributed by atoms with Crippen LogP contribution in [0.25, 0.3) is 0 Å². The van der Waals surface area contributed by atoms with Crippen molar-refractivity contribution in [3.63, 3.8) is 0 Å². The van der Waals surface area contributed by atoms with Crippen LogP contribution in [-0.4, -0.2) is 17.4 Å². The lowest BCUT2D eigenvalue weighted by atomic mass is 9.93. The van der Waals surface area contributed by atoms with Gasteiger partial charge in [-0.25, -0.2) is 0 Å². The highest BCUT2D eigenvalue weighted by Gasteiger charge is 2.32. The van der Waals surface area contributed by atoms with Crippen LogP contribution >= 0.6 is 0 Å². The highest BCUT2D eigenvalue weighted by molar-refractivity contribution is 6.00. The number of ether oxygens (including phenoxy) is 2. The standard InChI is InChI=1S/C13H14O4/c1-8(14)16-9-4-5-12-10(6-9)11(15)7-13(2,3)17-12/h4-6H,7H2,1-3H3. The second kappa shape index (κ2) is 3.87. The van der Waals surface area contributed by atoms with Gasteiger partial charge in [-0.15, -0.1) is 0 Å². The molecule has 1 aromatic rings. The van der Waals surface area contributed by atoms with Crippen LogP contribution in [0.5, 0.6) is 11.5 Å². The van der Waals surface area contributed by atoms with E-state index in [4.69, 9.17) is 9.47 Å². The van der Waals surface area contributed by atoms with Crippen LogP contribution in [0.4, 0.5) is 0 Å². The fourth-order valence-electron chi connectivity index (χ4n) is 1.86. The highest BCUT2D eigenvalue weighted by Crippen LogP contribution is 2.35. The van der Waals surface area contributed by atoms with E-state index >= 15 is 0 Å². The van der Waals surface area contributed by atoms with Crippen LogP contribution in [-0.2, 0) is 4.79 Å². The number of Topliss-reactive ketones (excluding diaryl/α,β-unsaturated/α-hetero) is 1. The third-order valence-corrected chi connectivity index (χ3v) is 2.49. The molecule has 0 atom stereocenters. The topological polar surface area (TPSA) is 52.6 Å². The summed E-state index contributed by atoms with van der Waals surface area (Å²) in [5.41, 5.74) is -0.00406. The molecule has 1 aromatic carbocycles. The summed E-state index contributed by atoms with van der Waals surface area (Å²) in [5, 5.41) is 0. The molecule has 0 aliphatic carbocycles. The zero-order valence-electron chi connectivity index (χ0n) is 10.1. The molecule has 0 N–H and O–H groups in total. The van der Waals surface area contributed by atoms with Crippen LogP contribution in [0.2, 0.25) is 0 Å². The van der Waals surface area contributed by atoms with Crippen molar-refractivity contribution in [2.45, 2.75) is 32.8 Å². The Balaban J connectivity index is 2.37. The normalized spacial score (nSPS) is 17.0. The number of benzene rings is 1. The van der Waals surface area contributed by atoms with E-state index in [2.05, 4.69) is 0 Å². The van der Waals surface area contributed by atoms with E-state index in [9.17, 15) is 9.59 Å². The molecule has 0 saturated heterocycles. The molecule has 0 spiro atoms. The van der Waals surface area contributed by atoms with Gasteiger partial charge in [0, 0.05) is 6.92 Å². The second-order valence-electron chi connectivity index (χ2n) is 4.71. The largest absolute Gasteiger partial charge is 0.487 e. The van der Waals surface area contributed by atoms with Crippen molar-refractivity contribution < 1.29 is 19.1 Å². The van der Waals surface area contributed by atoms with Crippen LogP contribution in [0.3, 0.4) is 0 Å². The summed E-state index contributed by atoms with van der Waals surface area (Å²) in [4.78, 5) is 22.7. The van der Waals surface area contributed by atoms with E-state index in [1.807, 2.05) is 13.8 Å². The molecule has 1 aliphatic rings. The number of carbonyl (C=O) groups excluding carboxylic acids is 2. The molecule has 0 unspecified atom stereocenters. The van der Waals surface area contributed by atoms with Crippen molar-refractivity contribution in [3.8, 4) is 11.5 Å². The predicted octanol–water partition coefficient (Wildman–Crippen LogP) is 2.36. The fraction of sp³-hybridized carbons (Fsp3) is 0.385. The fourth-order valence-corrected chi connectivity index (χ4v) is 1.86. The van der Waals surface area contributed by atoms with E-state index in [1.54, 1.807) is 18.2 Å². The van der Waals surface area contributed by atoms with Gasteiger partial charge < -0.3 is 9.47 Å². The first kappa shape index (κ1) is 11.6. The van der Waals surface area contributed by atoms with Crippen LogP contribution in [0.1, 0.15) is 37.6 Å². The number of esters is 1. The quantitative estimate of drug-likeness (QED) is 0.553. The molecule has 17 heavy (non-hydrogen) atoms. The molecule has 4 nitrogen and oxygen atoms in total. The molecule has 90 valence electrons. The van der Waals surface area contributed by atoms with Crippen LogP contribution in [0.15, 0.2) is 18.2 Å². The van der Waals surface area contributed by atoms with Crippen molar-refractivity contribution in [2.75, 3.05) is 0 Å². The molecular weight excluding hydrogens is 220 g/mol. The Bertz CT molecular complexity index is 488. The summed E-state index contributed by atoms with van der Waals surface area (Å²) >= 11 is 0. The van der Waals surface area contributed by atoms with E-state index in [0.717, 1.165) is 0 Å². The average molecular weight is 234 g/mol. The van der Waals surface area contributed by atoms with Crippen molar-refractivity contribution in [1.29, 1.82) is 0 Å². The monoisotopic (exact) mass is 234 g/mol. The maximum atomic E-state index is 11.9. The first-order valence-corrected chi connectivity index (χ1v) is 5.42. The molecule has 0 amide bonds. The van der Waals surface area contributed by atoms with Crippen molar-refractivity contribution in [3.05, 3.63) is 23.8 Å². The summed E-state index contributed by atoms with van der Waals surface area (Å²) in [7, 11) is 0. The Labute approximate surface area is 99.5 Å². The lowest BCUT2D eigenvalue weighted by Gasteiger charge is -2.31. The first-order valence-electron chi connectivity index (χ1n) is 5.42. The minimum Gasteiger partial charge on any atom is -0.487 e. The first-order chi connectivity index (χ1) is 7.87. The lowest BCUT2D eigenvalue weighted by molar-refractivity contribution is -0.131. The summed E-state index contributed by atoms with van der Waals surface area (Å²) in [6.45, 7) is 5.06. The van der Waals surface area contributed by atoms with Crippen molar-refractivity contribution in [1.82, 2.24) is 0 Å². The number of hydrogen-bond donors (Lipinski definition) is 0. The maximum Gasteiger partial charge on any atom is 0.308 e. The molecule has 1 aliphatic heterocycles. The van der Waals surface area contributed by atoms with E-state index in [-0.39, 0.29) is 5.78 Å². The van der Waals surface area contributed by atoms with Gasteiger partial charge in [0.1, 0.15) is 17.1 Å². The van der Waals surface area contributed by atoms with Gasteiger partial charge in [-0.05, 0) is 32.0 Å². The van der Waals surface area contributed by atoms with Gasteiger partial charge in [0.25, 0.3) is 0 Å². The van der Waals surface area contributed by atoms with Gasteiger partial charge in [-0.1, -0.05) is 0 Å². The minimum absolute atomic E-state index is 0.00486. The average Bonchev–Trinajstić information content (AvgIpc) is 2.16. The van der Waals surface area contributed by atoms with Gasteiger partial charge in [-0.3, -0.25) is 9.59 Å². The number of carbonyl (C=O) groups is 2. The number of ketones is 1. The minimum atomic E-state index is -0.479. The van der Waals surface area contributed by atoms with Gasteiger partial charge in [0.05, 0.1) is 12.0 Å². The summed E-state index contributed by atoms with van der Waals surface area (Å²) in [5.74, 6) is 0.509. The number of hydrogen-bond acceptors (Lipinski definition) is 4. The molecule has 4 heteroatoms. The molecular formula is C13H14O4. The Hall–Kier alpha value is -1.84. The van der Waals surface area contributed by atoms with Gasteiger partial charge in [0.2, 0.25) is 0 Å². The Kier molecular flexibility index (Phi) is 2.65. The van der Waals surface area contributed by atoms with Gasteiger partial charge >= 0.3 is 5.97 Å². The van der Waals surface area contributed by atoms with Crippen LogP contribution < -0.4 is 9.47 Å². The third-order valence-electron chi connectivity index (χ3n) is 2.49. The van der Waals surface area contributed by atoms with Crippen molar-refractivity contribution in [2.24, 2.45) is 0 Å². The van der Waals surface area contributed by atoms with E-state index in [1.165, 1.54) is 6.92 Å². The Morgan fingerprint density at radius 2 is 2.12 bits per heavy atom. The van der Waals surface area contributed by atoms with E-state index < -0.39 is 11.6 Å². The zero-order valence-corrected chi connectivity index (χ0v) is 10.1. The van der Waals surface area contributed by atoms with E-state index in [0.29, 0.717) is 23.5 Å². The predicted molar refractivity (Wildman–Crippen MR) is 61.4 cm³/mol. The molecule has 0 saturated carbocycles. The van der Waals surface area contributed by atoms with Crippen LogP contribution in [0, 0.1) is 0 Å². The zero-order chi connectivity index (χ0) is 12.6. The Morgan fingerprint density at radius 3 is 2.76 bits per heavy atom. The highest BCUT2D eigenvalue weighted by atomic mass is 16.5. The Morgan fingerprint density at radius 1 is 1.41 bits per heavy atom. The maximum absolute atomic E-state index is 11.9. The third kappa shape index (κ3) is 2.46. The smallest absolute Gasteiger partial charge is 0.308 e. The summed E-state index contributed by atoms with van der Waals surface area (Å²) in [6.07, 6.45) is 0.323. The molecule has 2 rings (SSSR count). The second-order valence-corrected chi connectivity index (χ2v) is 4.71. The molecule has 0 bridgehead atoms. The summed E-state index contributed by atoms with van der Waals surface area (Å²) < 4.78 is 10.6.